The van der Waals surface area contributed by atoms with Crippen LogP contribution in [0.4, 0.5) is 0 Å². The van der Waals surface area contributed by atoms with E-state index in [1.807, 2.05) is 0 Å². The van der Waals surface area contributed by atoms with Crippen LogP contribution in [0.3, 0.4) is 0 Å². The zero-order valence-corrected chi connectivity index (χ0v) is 16.1. The van der Waals surface area contributed by atoms with Crippen molar-refractivity contribution in [1.82, 2.24) is 5.32 Å². The Morgan fingerprint density at radius 2 is 2.04 bits per heavy atom. The molecule has 0 spiro atoms. The molecule has 1 heterocycles. The molecule has 134 valence electrons. The highest BCUT2D eigenvalue weighted by atomic mass is 79.9. The van der Waals surface area contributed by atoms with E-state index >= 15 is 0 Å². The third kappa shape index (κ3) is 4.22. The number of halogens is 2. The lowest BCUT2D eigenvalue weighted by Gasteiger charge is -2.24. The van der Waals surface area contributed by atoms with Gasteiger partial charge in [0, 0.05) is 29.3 Å². The van der Waals surface area contributed by atoms with Gasteiger partial charge in [-0.1, -0.05) is 45.7 Å². The Morgan fingerprint density at radius 1 is 1.36 bits per heavy atom. The molecule has 1 atom stereocenters. The van der Waals surface area contributed by atoms with Crippen molar-refractivity contribution in [2.75, 3.05) is 5.33 Å². The third-order valence-electron chi connectivity index (χ3n) is 3.58. The summed E-state index contributed by atoms with van der Waals surface area (Å²) in [6.45, 7) is 2.67. The van der Waals surface area contributed by atoms with E-state index in [2.05, 4.69) is 21.2 Å². The van der Waals surface area contributed by atoms with Crippen LogP contribution in [-0.2, 0) is 29.5 Å². The molecule has 2 rings (SSSR count). The molecule has 1 amide bonds. The first-order valence-corrected chi connectivity index (χ1v) is 9.07. The van der Waals surface area contributed by atoms with Gasteiger partial charge < -0.3 is 9.47 Å². The SMILES string of the molecule is CC(=O)OC1=C(NC(=O)CCCBr)OC(C)(c2ccccc2Cl)C1=O. The first-order valence-electron chi connectivity index (χ1n) is 7.57. The average molecular weight is 431 g/mol. The summed E-state index contributed by atoms with van der Waals surface area (Å²) in [5.41, 5.74) is -1.09. The van der Waals surface area contributed by atoms with Crippen LogP contribution in [0.1, 0.15) is 32.3 Å². The van der Waals surface area contributed by atoms with Crippen molar-refractivity contribution >= 4 is 45.2 Å². The van der Waals surface area contributed by atoms with E-state index in [9.17, 15) is 14.4 Å². The van der Waals surface area contributed by atoms with Crippen LogP contribution in [0.2, 0.25) is 5.02 Å². The van der Waals surface area contributed by atoms with Gasteiger partial charge in [-0.3, -0.25) is 19.7 Å². The number of esters is 1. The lowest BCUT2D eigenvalue weighted by Crippen LogP contribution is -2.33. The number of ketones is 1. The third-order valence-corrected chi connectivity index (χ3v) is 4.47. The van der Waals surface area contributed by atoms with Gasteiger partial charge in [-0.15, -0.1) is 0 Å². The molecule has 1 aromatic carbocycles. The maximum atomic E-state index is 12.8. The summed E-state index contributed by atoms with van der Waals surface area (Å²) >= 11 is 9.42. The minimum Gasteiger partial charge on any atom is -0.456 e. The van der Waals surface area contributed by atoms with Gasteiger partial charge in [0.15, 0.2) is 0 Å². The van der Waals surface area contributed by atoms with Gasteiger partial charge in [0.2, 0.25) is 23.2 Å². The van der Waals surface area contributed by atoms with E-state index in [1.165, 1.54) is 6.92 Å². The second-order valence-corrected chi connectivity index (χ2v) is 6.74. The molecule has 25 heavy (non-hydrogen) atoms. The van der Waals surface area contributed by atoms with Crippen molar-refractivity contribution in [3.05, 3.63) is 46.5 Å². The van der Waals surface area contributed by atoms with Gasteiger partial charge in [-0.05, 0) is 19.4 Å². The molecule has 1 aliphatic rings. The van der Waals surface area contributed by atoms with Crippen molar-refractivity contribution in [2.24, 2.45) is 0 Å². The number of benzene rings is 1. The van der Waals surface area contributed by atoms with Crippen LogP contribution in [0, 0.1) is 0 Å². The fourth-order valence-electron chi connectivity index (χ4n) is 2.38. The topological polar surface area (TPSA) is 81.7 Å². The minimum absolute atomic E-state index is 0.179. The highest BCUT2D eigenvalue weighted by Gasteiger charge is 2.50. The summed E-state index contributed by atoms with van der Waals surface area (Å²) in [6, 6.07) is 6.69. The van der Waals surface area contributed by atoms with Crippen LogP contribution in [0.15, 0.2) is 35.9 Å². The standard InChI is InChI=1S/C17H17BrClNO5/c1-10(21)24-14-15(23)17(2,11-6-3-4-7-12(11)19)25-16(14)20-13(22)8-5-9-18/h3-4,6-7H,5,8-9H2,1-2H3,(H,20,22). The van der Waals surface area contributed by atoms with Crippen LogP contribution >= 0.6 is 27.5 Å². The first-order chi connectivity index (χ1) is 11.8. The monoisotopic (exact) mass is 429 g/mol. The van der Waals surface area contributed by atoms with E-state index < -0.39 is 17.4 Å². The van der Waals surface area contributed by atoms with E-state index in [0.717, 1.165) is 6.92 Å². The lowest BCUT2D eigenvalue weighted by molar-refractivity contribution is -0.142. The van der Waals surface area contributed by atoms with Crippen LogP contribution in [-0.4, -0.2) is 23.0 Å². The van der Waals surface area contributed by atoms with Crippen molar-refractivity contribution < 1.29 is 23.9 Å². The van der Waals surface area contributed by atoms with E-state index in [0.29, 0.717) is 22.3 Å². The summed E-state index contributed by atoms with van der Waals surface area (Å²) in [6.07, 6.45) is 0.834. The quantitative estimate of drug-likeness (QED) is 0.554. The molecule has 0 radical (unpaired) electrons. The second kappa shape index (κ2) is 8.01. The van der Waals surface area contributed by atoms with Gasteiger partial charge in [0.05, 0.1) is 0 Å². The molecule has 6 nitrogen and oxygen atoms in total. The van der Waals surface area contributed by atoms with Gasteiger partial charge in [0.25, 0.3) is 5.78 Å². The van der Waals surface area contributed by atoms with Crippen molar-refractivity contribution in [1.29, 1.82) is 0 Å². The average Bonchev–Trinajstić information content (AvgIpc) is 2.78. The Labute approximate surface area is 158 Å². The lowest BCUT2D eigenvalue weighted by atomic mass is 9.91. The number of Topliss-reactive ketones (excluding diaryl/α,β-unsaturated/α-hetero) is 1. The largest absolute Gasteiger partial charge is 0.456 e. The Kier molecular flexibility index (Phi) is 6.24. The maximum Gasteiger partial charge on any atom is 0.308 e. The van der Waals surface area contributed by atoms with Crippen LogP contribution in [0.25, 0.3) is 0 Å². The number of hydrogen-bond acceptors (Lipinski definition) is 5. The molecule has 1 aromatic rings. The van der Waals surface area contributed by atoms with Crippen LogP contribution in [0.5, 0.6) is 0 Å². The Morgan fingerprint density at radius 3 is 2.64 bits per heavy atom. The Bertz CT molecular complexity index is 748. The molecular formula is C17H17BrClNO5. The van der Waals surface area contributed by atoms with Gasteiger partial charge in [0.1, 0.15) is 0 Å². The van der Waals surface area contributed by atoms with Crippen molar-refractivity contribution in [3.8, 4) is 0 Å². The first kappa shape index (κ1) is 19.5. The molecule has 0 bridgehead atoms. The molecule has 0 aromatic heterocycles. The smallest absolute Gasteiger partial charge is 0.308 e. The maximum absolute atomic E-state index is 12.8. The zero-order valence-electron chi connectivity index (χ0n) is 13.7. The van der Waals surface area contributed by atoms with E-state index in [-0.39, 0.29) is 24.0 Å². The molecule has 0 saturated heterocycles. The van der Waals surface area contributed by atoms with Crippen LogP contribution < -0.4 is 5.32 Å². The number of alkyl halides is 1. The molecule has 1 unspecified atom stereocenters. The number of nitrogens with one attached hydrogen (secondary N) is 1. The number of hydrogen-bond donors (Lipinski definition) is 1. The van der Waals surface area contributed by atoms with E-state index in [4.69, 9.17) is 21.1 Å². The van der Waals surface area contributed by atoms with E-state index in [1.54, 1.807) is 24.3 Å². The Balaban J connectivity index is 2.36. The molecule has 0 aliphatic carbocycles. The van der Waals surface area contributed by atoms with Crippen molar-refractivity contribution in [3.63, 3.8) is 0 Å². The van der Waals surface area contributed by atoms with Crippen molar-refractivity contribution in [2.45, 2.75) is 32.3 Å². The highest BCUT2D eigenvalue weighted by molar-refractivity contribution is 9.09. The van der Waals surface area contributed by atoms with Gasteiger partial charge in [-0.25, -0.2) is 0 Å². The van der Waals surface area contributed by atoms with Gasteiger partial charge in [-0.2, -0.15) is 0 Å². The number of carbonyl (C=O) groups is 3. The number of rotatable bonds is 6. The number of amides is 1. The summed E-state index contributed by atoms with van der Waals surface area (Å²) in [5, 5.41) is 3.49. The van der Waals surface area contributed by atoms with Gasteiger partial charge >= 0.3 is 5.97 Å². The summed E-state index contributed by atoms with van der Waals surface area (Å²) in [5.74, 6) is -2.14. The fraction of sp³-hybridized carbons (Fsp3) is 0.353. The molecule has 1 aliphatic heterocycles. The predicted octanol–water partition coefficient (Wildman–Crippen LogP) is 3.18. The molecular weight excluding hydrogens is 414 g/mol. The Hall–Kier alpha value is -1.86. The molecule has 0 fully saturated rings. The molecule has 8 heteroatoms. The number of ether oxygens (including phenoxy) is 2. The number of carbonyl (C=O) groups excluding carboxylic acids is 3. The fourth-order valence-corrected chi connectivity index (χ4v) is 2.97. The summed E-state index contributed by atoms with van der Waals surface area (Å²) in [4.78, 5) is 36.2. The highest BCUT2D eigenvalue weighted by Crippen LogP contribution is 2.41. The summed E-state index contributed by atoms with van der Waals surface area (Å²) in [7, 11) is 0. The summed E-state index contributed by atoms with van der Waals surface area (Å²) < 4.78 is 10.7. The second-order valence-electron chi connectivity index (χ2n) is 5.54. The molecule has 1 N–H and O–H groups in total. The predicted molar refractivity (Wildman–Crippen MR) is 94.9 cm³/mol. The molecule has 0 saturated carbocycles. The normalized spacial score (nSPS) is 19.6. The zero-order chi connectivity index (χ0) is 18.6. The minimum atomic E-state index is -1.50.